The minimum Gasteiger partial charge on any atom is -0.0847 e. The first-order chi connectivity index (χ1) is 9.45. The van der Waals surface area contributed by atoms with E-state index in [1.165, 1.54) is 50.5 Å². The molecule has 0 aromatic carbocycles. The van der Waals surface area contributed by atoms with Gasteiger partial charge in [0.15, 0.2) is 0 Å². The molecule has 0 spiro atoms. The van der Waals surface area contributed by atoms with Crippen LogP contribution in [0.2, 0.25) is 0 Å². The van der Waals surface area contributed by atoms with E-state index in [-0.39, 0.29) is 0 Å². The first-order valence-corrected chi connectivity index (χ1v) is 8.75. The molecule has 0 aromatic rings. The normalized spacial score (nSPS) is 16.1. The van der Waals surface area contributed by atoms with Crippen molar-refractivity contribution in [2.75, 3.05) is 0 Å². The molecule has 0 saturated heterocycles. The molecule has 0 aliphatic rings. The fourth-order valence-corrected chi connectivity index (χ4v) is 2.53. The summed E-state index contributed by atoms with van der Waals surface area (Å²) in [6, 6.07) is 0. The quantitative estimate of drug-likeness (QED) is 0.351. The molecule has 0 aromatic heterocycles. The van der Waals surface area contributed by atoms with E-state index in [2.05, 4.69) is 59.8 Å². The van der Waals surface area contributed by atoms with E-state index in [1.807, 2.05) is 0 Å². The van der Waals surface area contributed by atoms with Gasteiger partial charge in [-0.3, -0.25) is 0 Å². The summed E-state index contributed by atoms with van der Waals surface area (Å²) in [5.74, 6) is 2.62. The first kappa shape index (κ1) is 19.5. The van der Waals surface area contributed by atoms with Gasteiger partial charge in [-0.25, -0.2) is 0 Å². The van der Waals surface area contributed by atoms with Gasteiger partial charge in [-0.1, -0.05) is 90.0 Å². The Labute approximate surface area is 128 Å². The highest BCUT2D eigenvalue weighted by Crippen LogP contribution is 2.20. The van der Waals surface area contributed by atoms with Crippen molar-refractivity contribution in [2.24, 2.45) is 17.8 Å². The Morgan fingerprint density at radius 3 is 1.95 bits per heavy atom. The van der Waals surface area contributed by atoms with Gasteiger partial charge in [0.1, 0.15) is 0 Å². The van der Waals surface area contributed by atoms with Crippen LogP contribution in [0.25, 0.3) is 0 Å². The molecule has 0 N–H and O–H groups in total. The number of allylic oxidation sites excluding steroid dienone is 4. The predicted octanol–water partition coefficient (Wildman–Crippen LogP) is 7.17. The standard InChI is InChI=1S/C20H38/c1-7-18(4)12-9-14-20(6)16-10-15-19(5)13-8-11-17(2)3/h7,9,12,17,19-20H,8,10-11,13-16H2,1-6H3/b12-9+,18-7+/t19-,20+/m1/s1. The summed E-state index contributed by atoms with van der Waals surface area (Å²) >= 11 is 0. The summed E-state index contributed by atoms with van der Waals surface area (Å²) in [6.07, 6.45) is 16.4. The second-order valence-corrected chi connectivity index (χ2v) is 7.14. The highest BCUT2D eigenvalue weighted by molar-refractivity contribution is 5.14. The maximum atomic E-state index is 2.43. The molecular formula is C20H38. The zero-order valence-electron chi connectivity index (χ0n) is 14.9. The van der Waals surface area contributed by atoms with Crippen molar-refractivity contribution >= 4 is 0 Å². The molecule has 0 radical (unpaired) electrons. The lowest BCUT2D eigenvalue weighted by Gasteiger charge is -2.14. The second kappa shape index (κ2) is 12.2. The largest absolute Gasteiger partial charge is 0.0847 e. The zero-order valence-corrected chi connectivity index (χ0v) is 14.9. The molecule has 0 heterocycles. The third kappa shape index (κ3) is 12.5. The highest BCUT2D eigenvalue weighted by atomic mass is 14.1. The van der Waals surface area contributed by atoms with Gasteiger partial charge in [0.2, 0.25) is 0 Å². The van der Waals surface area contributed by atoms with Gasteiger partial charge in [-0.15, -0.1) is 0 Å². The van der Waals surface area contributed by atoms with Crippen LogP contribution in [0.4, 0.5) is 0 Å². The zero-order chi connectivity index (χ0) is 15.4. The lowest BCUT2D eigenvalue weighted by molar-refractivity contribution is 0.401. The molecule has 0 rings (SSSR count). The van der Waals surface area contributed by atoms with E-state index in [1.54, 1.807) is 0 Å². The van der Waals surface area contributed by atoms with Crippen molar-refractivity contribution in [2.45, 2.75) is 86.5 Å². The van der Waals surface area contributed by atoms with Crippen LogP contribution in [0.15, 0.2) is 23.8 Å². The molecule has 2 atom stereocenters. The summed E-state index contributed by atoms with van der Waals surface area (Å²) in [7, 11) is 0. The topological polar surface area (TPSA) is 0 Å². The summed E-state index contributed by atoms with van der Waals surface area (Å²) in [6.45, 7) is 13.7. The predicted molar refractivity (Wildman–Crippen MR) is 94.1 cm³/mol. The molecule has 20 heavy (non-hydrogen) atoms. The minimum absolute atomic E-state index is 0.832. The molecule has 118 valence electrons. The van der Waals surface area contributed by atoms with Crippen molar-refractivity contribution in [1.29, 1.82) is 0 Å². The molecule has 0 bridgehead atoms. The molecule has 0 aliphatic carbocycles. The van der Waals surface area contributed by atoms with Crippen LogP contribution in [0.1, 0.15) is 86.5 Å². The van der Waals surface area contributed by atoms with E-state index < -0.39 is 0 Å². The summed E-state index contributed by atoms with van der Waals surface area (Å²) in [5.41, 5.74) is 1.37. The highest BCUT2D eigenvalue weighted by Gasteiger charge is 2.05. The van der Waals surface area contributed by atoms with E-state index in [0.29, 0.717) is 0 Å². The molecule has 0 amide bonds. The average molecular weight is 279 g/mol. The molecule has 0 fully saturated rings. The molecule has 0 saturated carbocycles. The summed E-state index contributed by atoms with van der Waals surface area (Å²) in [4.78, 5) is 0. The Kier molecular flexibility index (Phi) is 11.9. The Bertz CT molecular complexity index is 270. The molecule has 0 unspecified atom stereocenters. The molecule has 0 nitrogen and oxygen atoms in total. The van der Waals surface area contributed by atoms with Crippen LogP contribution in [-0.4, -0.2) is 0 Å². The minimum atomic E-state index is 0.832. The summed E-state index contributed by atoms with van der Waals surface area (Å²) in [5, 5.41) is 0. The smallest absolute Gasteiger partial charge is 0.0322 e. The van der Waals surface area contributed by atoms with Gasteiger partial charge in [-0.05, 0) is 38.0 Å². The Hall–Kier alpha value is -0.520. The third-order valence-electron chi connectivity index (χ3n) is 4.25. The Balaban J connectivity index is 3.60. The van der Waals surface area contributed by atoms with Crippen molar-refractivity contribution in [3.63, 3.8) is 0 Å². The number of rotatable bonds is 11. The van der Waals surface area contributed by atoms with Gasteiger partial charge < -0.3 is 0 Å². The molecular weight excluding hydrogens is 240 g/mol. The second-order valence-electron chi connectivity index (χ2n) is 7.14. The Morgan fingerprint density at radius 1 is 0.850 bits per heavy atom. The van der Waals surface area contributed by atoms with Crippen LogP contribution in [-0.2, 0) is 0 Å². The third-order valence-corrected chi connectivity index (χ3v) is 4.25. The van der Waals surface area contributed by atoms with Crippen LogP contribution in [0, 0.1) is 17.8 Å². The van der Waals surface area contributed by atoms with Gasteiger partial charge in [0.25, 0.3) is 0 Å². The SMILES string of the molecule is C/C=C(C)/C=C/C[C@H](C)CCC[C@H](C)CCCC(C)C. The lowest BCUT2D eigenvalue weighted by atomic mass is 9.92. The van der Waals surface area contributed by atoms with Gasteiger partial charge >= 0.3 is 0 Å². The average Bonchev–Trinajstić information content (AvgIpc) is 2.38. The fraction of sp³-hybridized carbons (Fsp3) is 0.800. The van der Waals surface area contributed by atoms with Crippen molar-refractivity contribution < 1.29 is 0 Å². The van der Waals surface area contributed by atoms with Crippen molar-refractivity contribution in [3.05, 3.63) is 23.8 Å². The van der Waals surface area contributed by atoms with Gasteiger partial charge in [0.05, 0.1) is 0 Å². The van der Waals surface area contributed by atoms with E-state index in [9.17, 15) is 0 Å². The maximum absolute atomic E-state index is 2.43. The van der Waals surface area contributed by atoms with Crippen LogP contribution in [0.3, 0.4) is 0 Å². The monoisotopic (exact) mass is 278 g/mol. The van der Waals surface area contributed by atoms with E-state index >= 15 is 0 Å². The molecule has 0 aliphatic heterocycles. The maximum Gasteiger partial charge on any atom is -0.0322 e. The lowest BCUT2D eigenvalue weighted by Crippen LogP contribution is -1.99. The van der Waals surface area contributed by atoms with E-state index in [0.717, 1.165) is 17.8 Å². The van der Waals surface area contributed by atoms with Crippen LogP contribution >= 0.6 is 0 Å². The van der Waals surface area contributed by atoms with Gasteiger partial charge in [-0.2, -0.15) is 0 Å². The van der Waals surface area contributed by atoms with Crippen molar-refractivity contribution in [3.8, 4) is 0 Å². The first-order valence-electron chi connectivity index (χ1n) is 8.75. The number of hydrogen-bond donors (Lipinski definition) is 0. The number of hydrogen-bond acceptors (Lipinski definition) is 0. The fourth-order valence-electron chi connectivity index (χ4n) is 2.53. The van der Waals surface area contributed by atoms with Crippen molar-refractivity contribution in [1.82, 2.24) is 0 Å². The Morgan fingerprint density at radius 2 is 1.40 bits per heavy atom. The van der Waals surface area contributed by atoms with Crippen LogP contribution in [0.5, 0.6) is 0 Å². The summed E-state index contributed by atoms with van der Waals surface area (Å²) < 4.78 is 0. The molecule has 0 heteroatoms. The van der Waals surface area contributed by atoms with Crippen LogP contribution < -0.4 is 0 Å². The van der Waals surface area contributed by atoms with E-state index in [4.69, 9.17) is 0 Å². The van der Waals surface area contributed by atoms with Gasteiger partial charge in [0, 0.05) is 0 Å².